The molecule has 2 aromatic rings. The lowest BCUT2D eigenvalue weighted by Gasteiger charge is -2.40. The number of ether oxygens (including phenoxy) is 2. The number of hydrogen-bond donors (Lipinski definition) is 0. The van der Waals surface area contributed by atoms with E-state index in [0.29, 0.717) is 11.7 Å². The van der Waals surface area contributed by atoms with Crippen LogP contribution in [-0.4, -0.2) is 25.9 Å². The molecule has 0 aliphatic heterocycles. The first kappa shape index (κ1) is 25.4. The number of halogens is 2. The molecule has 2 aliphatic carbocycles. The summed E-state index contributed by atoms with van der Waals surface area (Å²) < 4.78 is 40.3. The van der Waals surface area contributed by atoms with Crippen molar-refractivity contribution in [2.45, 2.75) is 69.4 Å². The summed E-state index contributed by atoms with van der Waals surface area (Å²) in [6, 6.07) is 12.9. The van der Waals surface area contributed by atoms with E-state index in [2.05, 4.69) is 12.2 Å². The molecule has 0 aromatic heterocycles. The van der Waals surface area contributed by atoms with Crippen LogP contribution in [0.3, 0.4) is 0 Å². The van der Waals surface area contributed by atoms with E-state index in [0.717, 1.165) is 55.2 Å². The lowest BCUT2D eigenvalue weighted by Crippen LogP contribution is -2.52. The van der Waals surface area contributed by atoms with Gasteiger partial charge in [-0.2, -0.15) is 0 Å². The van der Waals surface area contributed by atoms with E-state index in [-0.39, 0.29) is 17.7 Å². The van der Waals surface area contributed by atoms with Gasteiger partial charge < -0.3 is 9.47 Å². The van der Waals surface area contributed by atoms with Gasteiger partial charge in [-0.1, -0.05) is 43.3 Å². The quantitative estimate of drug-likeness (QED) is 0.368. The molecule has 35 heavy (non-hydrogen) atoms. The van der Waals surface area contributed by atoms with Gasteiger partial charge in [0, 0.05) is 5.41 Å². The highest BCUT2D eigenvalue weighted by Crippen LogP contribution is 2.55. The summed E-state index contributed by atoms with van der Waals surface area (Å²) in [5, 5.41) is 0. The zero-order chi connectivity index (χ0) is 25.2. The molecule has 2 saturated carbocycles. The molecule has 2 atom stereocenters. The standard InChI is InChI=1S/C30H36F2O3/c1-29(23-14-15-23,30(2,32)28(33)35-4)24-7-5-6-21(18-24)9-8-20-10-12-22(13-11-20)26-19-25(34-3)16-17-27(26)31/h5-9,16-20,22-23H,10-15H2,1-4H3/b9-8+/t20?,22?,29-,30?/m1/s1. The third kappa shape index (κ3) is 5.00. The summed E-state index contributed by atoms with van der Waals surface area (Å²) in [6.07, 6.45) is 9.97. The fourth-order valence-corrected chi connectivity index (χ4v) is 5.75. The van der Waals surface area contributed by atoms with E-state index in [9.17, 15) is 9.18 Å². The van der Waals surface area contributed by atoms with Crippen LogP contribution >= 0.6 is 0 Å². The second-order valence-corrected chi connectivity index (χ2v) is 10.5. The predicted molar refractivity (Wildman–Crippen MR) is 135 cm³/mol. The highest BCUT2D eigenvalue weighted by atomic mass is 19.1. The highest BCUT2D eigenvalue weighted by Gasteiger charge is 2.60. The van der Waals surface area contributed by atoms with Crippen molar-refractivity contribution in [1.29, 1.82) is 0 Å². The summed E-state index contributed by atoms with van der Waals surface area (Å²) in [5.41, 5.74) is -0.480. The minimum atomic E-state index is -2.11. The Hall–Kier alpha value is -2.69. The van der Waals surface area contributed by atoms with E-state index in [4.69, 9.17) is 9.47 Å². The number of esters is 1. The molecule has 0 saturated heterocycles. The van der Waals surface area contributed by atoms with Crippen molar-refractivity contribution in [3.63, 3.8) is 0 Å². The van der Waals surface area contributed by atoms with Gasteiger partial charge in [-0.05, 0) is 98.1 Å². The minimum absolute atomic E-state index is 0.114. The molecule has 4 rings (SSSR count). The normalized spacial score (nSPS) is 23.9. The van der Waals surface area contributed by atoms with Crippen molar-refractivity contribution >= 4 is 12.0 Å². The number of carbonyl (C=O) groups is 1. The largest absolute Gasteiger partial charge is 0.497 e. The van der Waals surface area contributed by atoms with Gasteiger partial charge in [0.15, 0.2) is 0 Å². The fraction of sp³-hybridized carbons (Fsp3) is 0.500. The van der Waals surface area contributed by atoms with E-state index in [1.807, 2.05) is 37.3 Å². The molecule has 2 aliphatic rings. The highest BCUT2D eigenvalue weighted by molar-refractivity contribution is 5.81. The number of carbonyl (C=O) groups excluding carboxylic acids is 1. The van der Waals surface area contributed by atoms with Gasteiger partial charge in [0.25, 0.3) is 0 Å². The molecule has 0 amide bonds. The molecule has 188 valence electrons. The van der Waals surface area contributed by atoms with Crippen molar-refractivity contribution in [2.24, 2.45) is 11.8 Å². The van der Waals surface area contributed by atoms with Crippen LogP contribution in [-0.2, 0) is 14.9 Å². The van der Waals surface area contributed by atoms with Crippen LogP contribution in [0.1, 0.15) is 75.0 Å². The van der Waals surface area contributed by atoms with Crippen LogP contribution in [0.15, 0.2) is 48.5 Å². The van der Waals surface area contributed by atoms with Gasteiger partial charge in [-0.25, -0.2) is 13.6 Å². The SMILES string of the molecule is COC(=O)C(C)(F)[C@@](C)(c1cccc(/C=C/C2CCC(c3cc(OC)ccc3F)CC2)c1)C1CC1. The van der Waals surface area contributed by atoms with Gasteiger partial charge in [-0.3, -0.25) is 0 Å². The Kier molecular flexibility index (Phi) is 7.35. The van der Waals surface area contributed by atoms with Gasteiger partial charge in [0.05, 0.1) is 14.2 Å². The van der Waals surface area contributed by atoms with E-state index < -0.39 is 17.1 Å². The zero-order valence-corrected chi connectivity index (χ0v) is 21.2. The van der Waals surface area contributed by atoms with E-state index in [1.54, 1.807) is 13.2 Å². The van der Waals surface area contributed by atoms with Gasteiger partial charge in [0.1, 0.15) is 11.6 Å². The van der Waals surface area contributed by atoms with E-state index in [1.165, 1.54) is 20.1 Å². The van der Waals surface area contributed by atoms with Crippen LogP contribution in [0.5, 0.6) is 5.75 Å². The predicted octanol–water partition coefficient (Wildman–Crippen LogP) is 7.39. The first-order valence-electron chi connectivity index (χ1n) is 12.6. The smallest absolute Gasteiger partial charge is 0.344 e. The topological polar surface area (TPSA) is 35.5 Å². The molecule has 2 fully saturated rings. The van der Waals surface area contributed by atoms with Gasteiger partial charge >= 0.3 is 5.97 Å². The number of allylic oxidation sites excluding steroid dienone is 1. The number of rotatable bonds is 8. The van der Waals surface area contributed by atoms with Crippen molar-refractivity contribution in [3.8, 4) is 5.75 Å². The van der Waals surface area contributed by atoms with Gasteiger partial charge in [0.2, 0.25) is 5.67 Å². The molecule has 3 nitrogen and oxygen atoms in total. The molecule has 0 spiro atoms. The molecular formula is C30H36F2O3. The monoisotopic (exact) mass is 482 g/mol. The Morgan fingerprint density at radius 3 is 2.34 bits per heavy atom. The third-order valence-electron chi connectivity index (χ3n) is 8.40. The van der Waals surface area contributed by atoms with Crippen LogP contribution in [0, 0.1) is 17.7 Å². The van der Waals surface area contributed by atoms with Crippen molar-refractivity contribution in [2.75, 3.05) is 14.2 Å². The molecule has 0 radical (unpaired) electrons. The average molecular weight is 483 g/mol. The molecule has 5 heteroatoms. The fourth-order valence-electron chi connectivity index (χ4n) is 5.75. The molecule has 0 N–H and O–H groups in total. The Morgan fingerprint density at radius 1 is 1.00 bits per heavy atom. The molecular weight excluding hydrogens is 446 g/mol. The zero-order valence-electron chi connectivity index (χ0n) is 21.2. The Bertz CT molecular complexity index is 1080. The first-order valence-corrected chi connectivity index (χ1v) is 12.6. The van der Waals surface area contributed by atoms with Crippen LogP contribution in [0.4, 0.5) is 8.78 Å². The maximum atomic E-state index is 15.8. The van der Waals surface area contributed by atoms with Crippen molar-refractivity contribution in [1.82, 2.24) is 0 Å². The Morgan fingerprint density at radius 2 is 1.71 bits per heavy atom. The molecule has 0 heterocycles. The maximum Gasteiger partial charge on any atom is 0.344 e. The summed E-state index contributed by atoms with van der Waals surface area (Å²) >= 11 is 0. The lowest BCUT2D eigenvalue weighted by atomic mass is 9.66. The summed E-state index contributed by atoms with van der Waals surface area (Å²) in [6.45, 7) is 3.20. The Labute approximate surface area is 207 Å². The average Bonchev–Trinajstić information content (AvgIpc) is 3.73. The molecule has 1 unspecified atom stereocenters. The Balaban J connectivity index is 1.46. The molecule has 0 bridgehead atoms. The number of hydrogen-bond acceptors (Lipinski definition) is 3. The summed E-state index contributed by atoms with van der Waals surface area (Å²) in [4.78, 5) is 12.3. The summed E-state index contributed by atoms with van der Waals surface area (Å²) in [7, 11) is 2.84. The number of methoxy groups -OCH3 is 2. The van der Waals surface area contributed by atoms with Crippen LogP contribution < -0.4 is 4.74 Å². The van der Waals surface area contributed by atoms with Gasteiger partial charge in [-0.15, -0.1) is 0 Å². The van der Waals surface area contributed by atoms with Crippen molar-refractivity contribution in [3.05, 3.63) is 71.0 Å². The summed E-state index contributed by atoms with van der Waals surface area (Å²) in [5.74, 6) is 0.447. The van der Waals surface area contributed by atoms with Crippen LogP contribution in [0.25, 0.3) is 6.08 Å². The maximum absolute atomic E-state index is 15.8. The van der Waals surface area contributed by atoms with E-state index >= 15 is 4.39 Å². The third-order valence-corrected chi connectivity index (χ3v) is 8.40. The van der Waals surface area contributed by atoms with Crippen molar-refractivity contribution < 1.29 is 23.0 Å². The molecule has 2 aromatic carbocycles. The minimum Gasteiger partial charge on any atom is -0.497 e. The second-order valence-electron chi connectivity index (χ2n) is 10.5. The number of benzene rings is 2. The second kappa shape index (κ2) is 10.1. The van der Waals surface area contributed by atoms with Crippen LogP contribution in [0.2, 0.25) is 0 Å². The first-order chi connectivity index (χ1) is 16.7. The lowest BCUT2D eigenvalue weighted by molar-refractivity contribution is -0.159. The number of alkyl halides is 1.